The summed E-state index contributed by atoms with van der Waals surface area (Å²) in [5.41, 5.74) is 1.18. The van der Waals surface area contributed by atoms with Crippen LogP contribution in [-0.2, 0) is 9.53 Å². The van der Waals surface area contributed by atoms with Gasteiger partial charge in [-0.2, -0.15) is 0 Å². The number of amides is 2. The second kappa shape index (κ2) is 8.37. The highest BCUT2D eigenvalue weighted by molar-refractivity contribution is 5.76. The lowest BCUT2D eigenvalue weighted by molar-refractivity contribution is -0.149. The van der Waals surface area contributed by atoms with E-state index in [9.17, 15) is 9.59 Å². The molecular weight excluding hydrogens is 316 g/mol. The summed E-state index contributed by atoms with van der Waals surface area (Å²) in [4.78, 5) is 26.4. The fraction of sp³-hybridized carbons (Fsp3) is 0.600. The zero-order valence-corrected chi connectivity index (χ0v) is 14.9. The van der Waals surface area contributed by atoms with Gasteiger partial charge in [-0.05, 0) is 44.1 Å². The number of hydrogen-bond donors (Lipinski definition) is 1. The van der Waals surface area contributed by atoms with Crippen molar-refractivity contribution >= 4 is 12.0 Å². The van der Waals surface area contributed by atoms with Crippen LogP contribution in [0.3, 0.4) is 0 Å². The summed E-state index contributed by atoms with van der Waals surface area (Å²) in [6, 6.07) is 10.3. The summed E-state index contributed by atoms with van der Waals surface area (Å²) < 4.78 is 5.10. The highest BCUT2D eigenvalue weighted by atomic mass is 16.5. The summed E-state index contributed by atoms with van der Waals surface area (Å²) >= 11 is 0. The fourth-order valence-corrected chi connectivity index (χ4v) is 3.71. The Kier molecular flexibility index (Phi) is 5.95. The van der Waals surface area contributed by atoms with Crippen molar-refractivity contribution in [2.24, 2.45) is 11.8 Å². The largest absolute Gasteiger partial charge is 0.466 e. The molecule has 136 valence electrons. The summed E-state index contributed by atoms with van der Waals surface area (Å²) in [6.07, 6.45) is 4.96. The van der Waals surface area contributed by atoms with Gasteiger partial charge in [0.1, 0.15) is 0 Å². The van der Waals surface area contributed by atoms with Gasteiger partial charge in [0.05, 0.1) is 18.6 Å². The Hall–Kier alpha value is -2.04. The third-order valence-corrected chi connectivity index (χ3v) is 5.46. The van der Waals surface area contributed by atoms with Gasteiger partial charge in [-0.25, -0.2) is 4.79 Å². The van der Waals surface area contributed by atoms with Crippen molar-refractivity contribution in [3.05, 3.63) is 35.9 Å². The molecule has 1 unspecified atom stereocenters. The topological polar surface area (TPSA) is 58.6 Å². The number of ether oxygens (including phenoxy) is 1. The molecule has 3 rings (SSSR count). The number of piperidine rings is 1. The predicted octanol–water partition coefficient (Wildman–Crippen LogP) is 3.51. The van der Waals surface area contributed by atoms with Gasteiger partial charge >= 0.3 is 12.0 Å². The fourth-order valence-electron chi connectivity index (χ4n) is 3.71. The van der Waals surface area contributed by atoms with Gasteiger partial charge in [0.2, 0.25) is 0 Å². The summed E-state index contributed by atoms with van der Waals surface area (Å²) in [6.45, 7) is 3.47. The van der Waals surface area contributed by atoms with Gasteiger partial charge in [-0.3, -0.25) is 4.79 Å². The molecule has 1 saturated heterocycles. The van der Waals surface area contributed by atoms with Crippen molar-refractivity contribution in [3.8, 4) is 0 Å². The number of nitrogens with one attached hydrogen (secondary N) is 1. The van der Waals surface area contributed by atoms with Crippen molar-refractivity contribution < 1.29 is 14.3 Å². The number of carbonyl (C=O) groups excluding carboxylic acids is 2. The zero-order chi connectivity index (χ0) is 17.6. The Bertz CT molecular complexity index is 578. The van der Waals surface area contributed by atoms with E-state index in [0.717, 1.165) is 0 Å². The number of carbonyl (C=O) groups is 2. The van der Waals surface area contributed by atoms with E-state index in [1.54, 1.807) is 0 Å². The van der Waals surface area contributed by atoms with Crippen LogP contribution in [0.15, 0.2) is 30.3 Å². The van der Waals surface area contributed by atoms with Crippen LogP contribution < -0.4 is 5.32 Å². The van der Waals surface area contributed by atoms with Crippen LogP contribution >= 0.6 is 0 Å². The standard InChI is InChI=1S/C20H28N2O3/c1-2-25-19(23)17-11-13-22(14-12-17)20(24)21-18(16-9-6-10-16)15-7-4-3-5-8-15/h3-5,7-8,16-18H,2,6,9-14H2,1H3,(H,21,24). The molecule has 5 heteroatoms. The van der Waals surface area contributed by atoms with Gasteiger partial charge in [0.25, 0.3) is 0 Å². The van der Waals surface area contributed by atoms with Crippen molar-refractivity contribution in [2.45, 2.75) is 45.1 Å². The first-order chi connectivity index (χ1) is 12.2. The van der Waals surface area contributed by atoms with E-state index >= 15 is 0 Å². The van der Waals surface area contributed by atoms with Crippen LogP contribution in [0.5, 0.6) is 0 Å². The quantitative estimate of drug-likeness (QED) is 0.832. The van der Waals surface area contributed by atoms with Crippen molar-refractivity contribution in [1.82, 2.24) is 10.2 Å². The first kappa shape index (κ1) is 17.8. The van der Waals surface area contributed by atoms with Gasteiger partial charge in [-0.1, -0.05) is 36.8 Å². The minimum atomic E-state index is -0.126. The molecule has 0 bridgehead atoms. The molecule has 1 saturated carbocycles. The molecule has 25 heavy (non-hydrogen) atoms. The molecule has 0 aromatic heterocycles. The SMILES string of the molecule is CCOC(=O)C1CCN(C(=O)NC(c2ccccc2)C2CCC2)CC1. The summed E-state index contributed by atoms with van der Waals surface area (Å²) in [5.74, 6) is 0.336. The maximum atomic E-state index is 12.7. The third kappa shape index (κ3) is 4.33. The maximum Gasteiger partial charge on any atom is 0.317 e. The molecule has 1 heterocycles. The zero-order valence-electron chi connectivity index (χ0n) is 14.9. The van der Waals surface area contributed by atoms with Gasteiger partial charge in [0.15, 0.2) is 0 Å². The number of hydrogen-bond acceptors (Lipinski definition) is 3. The van der Waals surface area contributed by atoms with Crippen molar-refractivity contribution in [2.75, 3.05) is 19.7 Å². The predicted molar refractivity (Wildman–Crippen MR) is 96.0 cm³/mol. The second-order valence-electron chi connectivity index (χ2n) is 7.04. The van der Waals surface area contributed by atoms with E-state index in [-0.39, 0.29) is 24.0 Å². The number of nitrogens with zero attached hydrogens (tertiary/aromatic N) is 1. The van der Waals surface area contributed by atoms with E-state index in [1.807, 2.05) is 30.0 Å². The monoisotopic (exact) mass is 344 g/mol. The van der Waals surface area contributed by atoms with E-state index in [1.165, 1.54) is 24.8 Å². The molecule has 2 amide bonds. The molecule has 1 atom stereocenters. The molecule has 1 aromatic carbocycles. The van der Waals surface area contributed by atoms with E-state index < -0.39 is 0 Å². The lowest BCUT2D eigenvalue weighted by Gasteiger charge is -2.37. The number of esters is 1. The van der Waals surface area contributed by atoms with Crippen LogP contribution in [0.25, 0.3) is 0 Å². The summed E-state index contributed by atoms with van der Waals surface area (Å²) in [5, 5.41) is 3.24. The molecule has 1 aliphatic heterocycles. The van der Waals surface area contributed by atoms with Crippen LogP contribution in [0.2, 0.25) is 0 Å². The summed E-state index contributed by atoms with van der Waals surface area (Å²) in [7, 11) is 0. The number of benzene rings is 1. The van der Waals surface area contributed by atoms with Gasteiger partial charge in [-0.15, -0.1) is 0 Å². The van der Waals surface area contributed by atoms with Gasteiger partial charge in [0, 0.05) is 13.1 Å². The Balaban J connectivity index is 1.56. The number of likely N-dealkylation sites (tertiary alicyclic amines) is 1. The average Bonchev–Trinajstić information content (AvgIpc) is 2.60. The first-order valence-electron chi connectivity index (χ1n) is 9.46. The molecule has 2 fully saturated rings. The Morgan fingerprint density at radius 2 is 1.84 bits per heavy atom. The molecule has 1 aliphatic carbocycles. The van der Waals surface area contributed by atoms with E-state index in [2.05, 4.69) is 17.4 Å². The van der Waals surface area contributed by atoms with Crippen molar-refractivity contribution in [1.29, 1.82) is 0 Å². The van der Waals surface area contributed by atoms with E-state index in [4.69, 9.17) is 4.74 Å². The Morgan fingerprint density at radius 3 is 2.40 bits per heavy atom. The Labute approximate surface area is 149 Å². The molecular formula is C20H28N2O3. The molecule has 5 nitrogen and oxygen atoms in total. The maximum absolute atomic E-state index is 12.7. The lowest BCUT2D eigenvalue weighted by Crippen LogP contribution is -2.48. The molecule has 1 aromatic rings. The smallest absolute Gasteiger partial charge is 0.317 e. The second-order valence-corrected chi connectivity index (χ2v) is 7.04. The third-order valence-electron chi connectivity index (χ3n) is 5.46. The Morgan fingerprint density at radius 1 is 1.16 bits per heavy atom. The molecule has 0 spiro atoms. The molecule has 2 aliphatic rings. The lowest BCUT2D eigenvalue weighted by atomic mass is 9.77. The van der Waals surface area contributed by atoms with E-state index in [0.29, 0.717) is 38.5 Å². The highest BCUT2D eigenvalue weighted by Gasteiger charge is 2.33. The van der Waals surface area contributed by atoms with Gasteiger partial charge < -0.3 is 15.0 Å². The first-order valence-corrected chi connectivity index (χ1v) is 9.46. The van der Waals surface area contributed by atoms with Crippen LogP contribution in [0.1, 0.15) is 50.6 Å². The minimum absolute atomic E-state index is 0.0111. The van der Waals surface area contributed by atoms with Crippen LogP contribution in [0.4, 0.5) is 4.79 Å². The van der Waals surface area contributed by atoms with Crippen molar-refractivity contribution in [3.63, 3.8) is 0 Å². The molecule has 0 radical (unpaired) electrons. The highest BCUT2D eigenvalue weighted by Crippen LogP contribution is 2.37. The molecule has 1 N–H and O–H groups in total. The number of rotatable bonds is 5. The van der Waals surface area contributed by atoms with Crippen LogP contribution in [0, 0.1) is 11.8 Å². The normalized spacial score (nSPS) is 19.8. The minimum Gasteiger partial charge on any atom is -0.466 e. The average molecular weight is 344 g/mol. The number of urea groups is 1. The van der Waals surface area contributed by atoms with Crippen LogP contribution in [-0.4, -0.2) is 36.6 Å².